The van der Waals surface area contributed by atoms with Gasteiger partial charge in [0.2, 0.25) is 0 Å². The summed E-state index contributed by atoms with van der Waals surface area (Å²) < 4.78 is 12.5. The Bertz CT molecular complexity index is 1160. The Kier molecular flexibility index (Phi) is 5.71. The maximum Gasteiger partial charge on any atom is 0.275 e. The van der Waals surface area contributed by atoms with Gasteiger partial charge < -0.3 is 14.8 Å². The van der Waals surface area contributed by atoms with E-state index < -0.39 is 0 Å². The van der Waals surface area contributed by atoms with Crippen LogP contribution in [0.3, 0.4) is 0 Å². The first-order valence-electron chi connectivity index (χ1n) is 9.07. The first-order valence-corrected chi connectivity index (χ1v) is 9.95. The third kappa shape index (κ3) is 4.15. The monoisotopic (exact) mass is 421 g/mol. The molecule has 0 saturated carbocycles. The van der Waals surface area contributed by atoms with Gasteiger partial charge in [-0.3, -0.25) is 14.5 Å². The van der Waals surface area contributed by atoms with E-state index >= 15 is 0 Å². The highest BCUT2D eigenvalue weighted by atomic mass is 32.1. The number of hydrogen-bond donors (Lipinski definition) is 1. The topological polar surface area (TPSA) is 91.2 Å². The third-order valence-electron chi connectivity index (χ3n) is 4.37. The van der Waals surface area contributed by atoms with Gasteiger partial charge in [-0.2, -0.15) is 5.10 Å². The summed E-state index contributed by atoms with van der Waals surface area (Å²) in [6, 6.07) is 9.39. The number of amides is 1. The number of nitrogens with one attached hydrogen (secondary N) is 1. The molecule has 0 atom stereocenters. The van der Waals surface area contributed by atoms with Gasteiger partial charge >= 0.3 is 0 Å². The van der Waals surface area contributed by atoms with E-state index in [9.17, 15) is 4.79 Å². The molecule has 9 heteroatoms. The molecule has 1 amide bonds. The SMILES string of the molecule is COc1cccc(Cn2cc(NC(=O)c3csc(-c4ccncc4)n3)cn2)c1OC. The van der Waals surface area contributed by atoms with Crippen LogP contribution >= 0.6 is 11.3 Å². The number of hydrogen-bond acceptors (Lipinski definition) is 7. The lowest BCUT2D eigenvalue weighted by Crippen LogP contribution is -2.11. The predicted octanol–water partition coefficient (Wildman–Crippen LogP) is 3.72. The van der Waals surface area contributed by atoms with Gasteiger partial charge in [0.1, 0.15) is 10.7 Å². The molecule has 0 spiro atoms. The molecule has 8 nitrogen and oxygen atoms in total. The summed E-state index contributed by atoms with van der Waals surface area (Å²) in [7, 11) is 3.20. The van der Waals surface area contributed by atoms with Crippen molar-refractivity contribution < 1.29 is 14.3 Å². The Balaban J connectivity index is 1.45. The fourth-order valence-electron chi connectivity index (χ4n) is 2.97. The van der Waals surface area contributed by atoms with Gasteiger partial charge in [0.15, 0.2) is 11.5 Å². The van der Waals surface area contributed by atoms with E-state index in [0.29, 0.717) is 29.4 Å². The summed E-state index contributed by atoms with van der Waals surface area (Å²) in [5.41, 5.74) is 2.78. The fraction of sp³-hybridized carbons (Fsp3) is 0.143. The van der Waals surface area contributed by atoms with Crippen molar-refractivity contribution in [1.29, 1.82) is 0 Å². The number of rotatable bonds is 7. The van der Waals surface area contributed by atoms with Crippen LogP contribution in [0.25, 0.3) is 10.6 Å². The first kappa shape index (κ1) is 19.6. The van der Waals surface area contributed by atoms with Gasteiger partial charge in [0.05, 0.1) is 32.6 Å². The lowest BCUT2D eigenvalue weighted by Gasteiger charge is -2.12. The molecule has 0 saturated heterocycles. The zero-order valence-electron chi connectivity index (χ0n) is 16.4. The van der Waals surface area contributed by atoms with Gasteiger partial charge in [0.25, 0.3) is 5.91 Å². The van der Waals surface area contributed by atoms with Crippen LogP contribution in [-0.2, 0) is 6.54 Å². The van der Waals surface area contributed by atoms with Crippen molar-refractivity contribution in [3.8, 4) is 22.1 Å². The molecule has 30 heavy (non-hydrogen) atoms. The van der Waals surface area contributed by atoms with E-state index in [2.05, 4.69) is 20.4 Å². The number of thiazole rings is 1. The Hall–Kier alpha value is -3.72. The average molecular weight is 421 g/mol. The van der Waals surface area contributed by atoms with Crippen LogP contribution in [0.1, 0.15) is 16.1 Å². The first-order chi connectivity index (χ1) is 14.7. The smallest absolute Gasteiger partial charge is 0.275 e. The van der Waals surface area contributed by atoms with Crippen molar-refractivity contribution in [2.75, 3.05) is 19.5 Å². The zero-order chi connectivity index (χ0) is 20.9. The molecular weight excluding hydrogens is 402 g/mol. The Morgan fingerprint density at radius 1 is 1.17 bits per heavy atom. The van der Waals surface area contributed by atoms with Gasteiger partial charge in [-0.1, -0.05) is 12.1 Å². The minimum Gasteiger partial charge on any atom is -0.493 e. The summed E-state index contributed by atoms with van der Waals surface area (Å²) >= 11 is 1.41. The Morgan fingerprint density at radius 2 is 2.00 bits per heavy atom. The van der Waals surface area contributed by atoms with Crippen LogP contribution < -0.4 is 14.8 Å². The van der Waals surface area contributed by atoms with Gasteiger partial charge in [-0.05, 0) is 18.2 Å². The largest absolute Gasteiger partial charge is 0.493 e. The molecule has 1 N–H and O–H groups in total. The maximum atomic E-state index is 12.6. The second-order valence-corrected chi connectivity index (χ2v) is 7.17. The second-order valence-electron chi connectivity index (χ2n) is 6.31. The summed E-state index contributed by atoms with van der Waals surface area (Å²) in [5, 5.41) is 9.66. The zero-order valence-corrected chi connectivity index (χ0v) is 17.2. The number of ether oxygens (including phenoxy) is 2. The number of para-hydroxylation sites is 1. The summed E-state index contributed by atoms with van der Waals surface area (Å²) in [6.45, 7) is 0.471. The standard InChI is InChI=1S/C21H19N5O3S/c1-28-18-5-3-4-15(19(18)29-2)11-26-12-16(10-23-26)24-20(27)17-13-30-21(25-17)14-6-8-22-9-7-14/h3-10,12-13H,11H2,1-2H3,(H,24,27). The van der Waals surface area contributed by atoms with E-state index in [-0.39, 0.29) is 5.91 Å². The molecular formula is C21H19N5O3S. The number of methoxy groups -OCH3 is 2. The highest BCUT2D eigenvalue weighted by molar-refractivity contribution is 7.13. The molecule has 1 aromatic carbocycles. The third-order valence-corrected chi connectivity index (χ3v) is 5.26. The van der Waals surface area contributed by atoms with Crippen molar-refractivity contribution in [1.82, 2.24) is 19.7 Å². The van der Waals surface area contributed by atoms with Crippen molar-refractivity contribution in [3.63, 3.8) is 0 Å². The molecule has 0 fully saturated rings. The predicted molar refractivity (Wildman–Crippen MR) is 114 cm³/mol. The Morgan fingerprint density at radius 3 is 2.77 bits per heavy atom. The molecule has 4 aromatic rings. The van der Waals surface area contributed by atoms with Gasteiger partial charge in [-0.15, -0.1) is 11.3 Å². The molecule has 3 heterocycles. The number of nitrogens with zero attached hydrogens (tertiary/aromatic N) is 4. The van der Waals surface area contributed by atoms with Crippen molar-refractivity contribution in [2.24, 2.45) is 0 Å². The van der Waals surface area contributed by atoms with E-state index in [1.807, 2.05) is 30.3 Å². The highest BCUT2D eigenvalue weighted by Gasteiger charge is 2.14. The summed E-state index contributed by atoms with van der Waals surface area (Å²) in [4.78, 5) is 21.0. The second kappa shape index (κ2) is 8.75. The number of carbonyl (C=O) groups excluding carboxylic acids is 1. The quantitative estimate of drug-likeness (QED) is 0.489. The van der Waals surface area contributed by atoms with E-state index in [4.69, 9.17) is 9.47 Å². The normalized spacial score (nSPS) is 10.6. The molecule has 3 aromatic heterocycles. The molecule has 152 valence electrons. The minimum absolute atomic E-state index is 0.287. The summed E-state index contributed by atoms with van der Waals surface area (Å²) in [6.07, 6.45) is 6.75. The fourth-order valence-corrected chi connectivity index (χ4v) is 3.77. The van der Waals surface area contributed by atoms with Crippen LogP contribution in [-0.4, -0.2) is 39.9 Å². The van der Waals surface area contributed by atoms with Gasteiger partial charge in [-0.25, -0.2) is 4.98 Å². The maximum absolute atomic E-state index is 12.6. The number of aromatic nitrogens is 4. The van der Waals surface area contributed by atoms with Crippen molar-refractivity contribution >= 4 is 22.9 Å². The number of benzene rings is 1. The number of anilines is 1. The molecule has 4 rings (SSSR count). The number of pyridine rings is 1. The van der Waals surface area contributed by atoms with Crippen LogP contribution in [0, 0.1) is 0 Å². The molecule has 0 radical (unpaired) electrons. The molecule has 0 unspecified atom stereocenters. The van der Waals surface area contributed by atoms with E-state index in [1.165, 1.54) is 11.3 Å². The van der Waals surface area contributed by atoms with Crippen LogP contribution in [0.5, 0.6) is 11.5 Å². The summed E-state index contributed by atoms with van der Waals surface area (Å²) in [5.74, 6) is 1.03. The van der Waals surface area contributed by atoms with E-state index in [1.54, 1.807) is 49.1 Å². The van der Waals surface area contributed by atoms with Crippen molar-refractivity contribution in [2.45, 2.75) is 6.54 Å². The lowest BCUT2D eigenvalue weighted by molar-refractivity contribution is 0.102. The average Bonchev–Trinajstić information content (AvgIpc) is 3.44. The Labute approximate surface area is 177 Å². The van der Waals surface area contributed by atoms with Crippen LogP contribution in [0.2, 0.25) is 0 Å². The molecule has 0 aliphatic carbocycles. The molecule has 0 aliphatic rings. The van der Waals surface area contributed by atoms with Crippen molar-refractivity contribution in [3.05, 3.63) is 71.8 Å². The lowest BCUT2D eigenvalue weighted by atomic mass is 10.2. The highest BCUT2D eigenvalue weighted by Crippen LogP contribution is 2.31. The van der Waals surface area contributed by atoms with Crippen LogP contribution in [0.4, 0.5) is 5.69 Å². The number of carbonyl (C=O) groups is 1. The van der Waals surface area contributed by atoms with E-state index in [0.717, 1.165) is 16.1 Å². The minimum atomic E-state index is -0.287. The molecule has 0 aliphatic heterocycles. The van der Waals surface area contributed by atoms with Crippen LogP contribution in [0.15, 0.2) is 60.5 Å². The molecule has 0 bridgehead atoms. The van der Waals surface area contributed by atoms with Gasteiger partial charge in [0, 0.05) is 35.1 Å².